The molecule has 0 aliphatic rings. The molecule has 5 heteroatoms. The van der Waals surface area contributed by atoms with E-state index in [4.69, 9.17) is 5.73 Å². The van der Waals surface area contributed by atoms with Crippen LogP contribution in [0.15, 0.2) is 53.4 Å². The first-order valence-electron chi connectivity index (χ1n) is 7.86. The molecule has 0 saturated carbocycles. The minimum absolute atomic E-state index is 0. The van der Waals surface area contributed by atoms with Gasteiger partial charge >= 0.3 is 0 Å². The van der Waals surface area contributed by atoms with Crippen LogP contribution in [-0.4, -0.2) is 11.7 Å². The zero-order valence-electron chi connectivity index (χ0n) is 14.3. The Balaban J connectivity index is 0.00000288. The number of benzene rings is 2. The third-order valence-electron chi connectivity index (χ3n) is 3.77. The summed E-state index contributed by atoms with van der Waals surface area (Å²) >= 11 is 1.81. The predicted octanol–water partition coefficient (Wildman–Crippen LogP) is 4.41. The number of hydrogen-bond acceptors (Lipinski definition) is 3. The maximum absolute atomic E-state index is 12.3. The van der Waals surface area contributed by atoms with Crippen LogP contribution in [-0.2, 0) is 4.79 Å². The summed E-state index contributed by atoms with van der Waals surface area (Å²) < 4.78 is 0. The van der Waals surface area contributed by atoms with Crippen molar-refractivity contribution in [1.82, 2.24) is 5.32 Å². The van der Waals surface area contributed by atoms with Crippen molar-refractivity contribution in [1.29, 1.82) is 0 Å². The molecule has 2 aromatic carbocycles. The Morgan fingerprint density at radius 3 is 2.17 bits per heavy atom. The van der Waals surface area contributed by atoms with E-state index in [0.29, 0.717) is 0 Å². The first-order valence-corrected chi connectivity index (χ1v) is 8.85. The van der Waals surface area contributed by atoms with Gasteiger partial charge in [-0.2, -0.15) is 0 Å². The second-order valence-electron chi connectivity index (χ2n) is 5.62. The fourth-order valence-corrected chi connectivity index (χ4v) is 2.99. The van der Waals surface area contributed by atoms with E-state index < -0.39 is 6.04 Å². The molecule has 2 rings (SSSR count). The van der Waals surface area contributed by atoms with Crippen molar-refractivity contribution in [3.05, 3.63) is 65.2 Å². The summed E-state index contributed by atoms with van der Waals surface area (Å²) in [6.07, 6.45) is 0. The molecule has 2 aromatic rings. The molecule has 3 N–H and O–H groups in total. The van der Waals surface area contributed by atoms with E-state index in [2.05, 4.69) is 36.5 Å². The van der Waals surface area contributed by atoms with Crippen molar-refractivity contribution in [2.45, 2.75) is 37.8 Å². The van der Waals surface area contributed by atoms with Gasteiger partial charge in [0, 0.05) is 4.90 Å². The van der Waals surface area contributed by atoms with Gasteiger partial charge in [0.25, 0.3) is 0 Å². The predicted molar refractivity (Wildman–Crippen MR) is 105 cm³/mol. The van der Waals surface area contributed by atoms with Crippen LogP contribution in [0.5, 0.6) is 0 Å². The number of carbonyl (C=O) groups is 1. The number of carbonyl (C=O) groups excluding carboxylic acids is 1. The Labute approximate surface area is 154 Å². The van der Waals surface area contributed by atoms with Crippen LogP contribution in [0, 0.1) is 6.92 Å². The molecule has 0 aliphatic carbocycles. The van der Waals surface area contributed by atoms with Crippen LogP contribution >= 0.6 is 24.2 Å². The summed E-state index contributed by atoms with van der Waals surface area (Å²) in [4.78, 5) is 13.6. The third kappa shape index (κ3) is 5.55. The average molecular weight is 365 g/mol. The lowest BCUT2D eigenvalue weighted by atomic mass is 10.0. The summed E-state index contributed by atoms with van der Waals surface area (Å²) in [6.45, 7) is 6.12. The number of halogens is 1. The highest BCUT2D eigenvalue weighted by molar-refractivity contribution is 7.99. The second kappa shape index (κ2) is 9.72. The number of thioether (sulfide) groups is 1. The number of hydrogen-bond donors (Lipinski definition) is 2. The molecule has 3 nitrogen and oxygen atoms in total. The van der Waals surface area contributed by atoms with Gasteiger partial charge in [-0.25, -0.2) is 0 Å². The maximum Gasteiger partial charge on any atom is 0.241 e. The molecule has 0 heterocycles. The van der Waals surface area contributed by atoms with Gasteiger partial charge in [-0.05, 0) is 42.9 Å². The van der Waals surface area contributed by atoms with Crippen molar-refractivity contribution in [2.24, 2.45) is 5.73 Å². The first-order chi connectivity index (χ1) is 11.0. The van der Waals surface area contributed by atoms with Crippen molar-refractivity contribution < 1.29 is 4.79 Å². The van der Waals surface area contributed by atoms with E-state index in [1.165, 1.54) is 4.90 Å². The molecule has 0 aliphatic heterocycles. The lowest BCUT2D eigenvalue weighted by Gasteiger charge is -2.18. The standard InChI is InChI=1S/C19H24N2OS.ClH/c1-4-23-17-11-9-15(10-12-17)14(3)21-19(22)18(20)16-7-5-13(2)6-8-16;/h5-12,14,18H,4,20H2,1-3H3,(H,21,22);1H. The molecule has 0 aromatic heterocycles. The normalized spacial score (nSPS) is 12.8. The molecule has 0 saturated heterocycles. The molecule has 0 bridgehead atoms. The monoisotopic (exact) mass is 364 g/mol. The molecule has 0 radical (unpaired) electrons. The van der Waals surface area contributed by atoms with Gasteiger partial charge in [-0.15, -0.1) is 24.2 Å². The molecule has 130 valence electrons. The zero-order valence-corrected chi connectivity index (χ0v) is 15.9. The molecule has 0 spiro atoms. The quantitative estimate of drug-likeness (QED) is 0.746. The minimum atomic E-state index is -0.645. The zero-order chi connectivity index (χ0) is 16.8. The summed E-state index contributed by atoms with van der Waals surface area (Å²) in [5, 5.41) is 2.99. The van der Waals surface area contributed by atoms with Crippen LogP contribution in [0.2, 0.25) is 0 Å². The second-order valence-corrected chi connectivity index (χ2v) is 6.96. The minimum Gasteiger partial charge on any atom is -0.348 e. The number of amides is 1. The van der Waals surface area contributed by atoms with Gasteiger partial charge < -0.3 is 11.1 Å². The van der Waals surface area contributed by atoms with Gasteiger partial charge in [-0.1, -0.05) is 48.9 Å². The maximum atomic E-state index is 12.3. The van der Waals surface area contributed by atoms with E-state index in [0.717, 1.165) is 22.4 Å². The van der Waals surface area contributed by atoms with Gasteiger partial charge in [0.15, 0.2) is 0 Å². The van der Waals surface area contributed by atoms with Crippen molar-refractivity contribution in [3.63, 3.8) is 0 Å². The van der Waals surface area contributed by atoms with Gasteiger partial charge in [0.1, 0.15) is 6.04 Å². The Morgan fingerprint density at radius 2 is 1.62 bits per heavy atom. The van der Waals surface area contributed by atoms with E-state index in [9.17, 15) is 4.79 Å². The Kier molecular flexibility index (Phi) is 8.32. The highest BCUT2D eigenvalue weighted by Gasteiger charge is 2.18. The van der Waals surface area contributed by atoms with E-state index in [1.807, 2.05) is 38.1 Å². The molecular weight excluding hydrogens is 340 g/mol. The highest BCUT2D eigenvalue weighted by Crippen LogP contribution is 2.21. The van der Waals surface area contributed by atoms with Gasteiger partial charge in [-0.3, -0.25) is 4.79 Å². The number of rotatable bonds is 6. The Hall–Kier alpha value is -1.49. The third-order valence-corrected chi connectivity index (χ3v) is 4.66. The topological polar surface area (TPSA) is 55.1 Å². The Bertz CT molecular complexity index is 643. The molecule has 1 amide bonds. The summed E-state index contributed by atoms with van der Waals surface area (Å²) in [5.41, 5.74) is 9.12. The Morgan fingerprint density at radius 1 is 1.08 bits per heavy atom. The highest BCUT2D eigenvalue weighted by atomic mass is 35.5. The molecule has 0 fully saturated rings. The fourth-order valence-electron chi connectivity index (χ4n) is 2.33. The average Bonchev–Trinajstić information content (AvgIpc) is 2.55. The molecule has 24 heavy (non-hydrogen) atoms. The lowest BCUT2D eigenvalue weighted by molar-refractivity contribution is -0.123. The smallest absolute Gasteiger partial charge is 0.241 e. The summed E-state index contributed by atoms with van der Waals surface area (Å²) in [5.74, 6) is 0.894. The molecule has 2 atom stereocenters. The lowest BCUT2D eigenvalue weighted by Crippen LogP contribution is -2.35. The van der Waals surface area contributed by atoms with Crippen LogP contribution in [0.1, 0.15) is 42.6 Å². The van der Waals surface area contributed by atoms with E-state index in [-0.39, 0.29) is 24.4 Å². The van der Waals surface area contributed by atoms with Gasteiger partial charge in [0.05, 0.1) is 6.04 Å². The SMILES string of the molecule is CCSc1ccc(C(C)NC(=O)C(N)c2ccc(C)cc2)cc1.Cl. The van der Waals surface area contributed by atoms with E-state index in [1.54, 1.807) is 11.8 Å². The molecular formula is C19H25ClN2OS. The first kappa shape index (κ1) is 20.6. The van der Waals surface area contributed by atoms with E-state index >= 15 is 0 Å². The largest absolute Gasteiger partial charge is 0.348 e. The van der Waals surface area contributed by atoms with Crippen molar-refractivity contribution >= 4 is 30.1 Å². The molecule has 2 unspecified atom stereocenters. The van der Waals surface area contributed by atoms with Crippen molar-refractivity contribution in [3.8, 4) is 0 Å². The van der Waals surface area contributed by atoms with Crippen LogP contribution in [0.3, 0.4) is 0 Å². The fraction of sp³-hybridized carbons (Fsp3) is 0.316. The number of aryl methyl sites for hydroxylation is 1. The number of nitrogens with two attached hydrogens (primary N) is 1. The van der Waals surface area contributed by atoms with Crippen molar-refractivity contribution in [2.75, 3.05) is 5.75 Å². The van der Waals surface area contributed by atoms with Crippen LogP contribution in [0.25, 0.3) is 0 Å². The van der Waals surface area contributed by atoms with Crippen LogP contribution < -0.4 is 11.1 Å². The number of nitrogens with one attached hydrogen (secondary N) is 1. The summed E-state index contributed by atoms with van der Waals surface area (Å²) in [6, 6.07) is 15.3. The van der Waals surface area contributed by atoms with Crippen LogP contribution in [0.4, 0.5) is 0 Å². The van der Waals surface area contributed by atoms with Gasteiger partial charge in [0.2, 0.25) is 5.91 Å². The summed E-state index contributed by atoms with van der Waals surface area (Å²) in [7, 11) is 0.